The van der Waals surface area contributed by atoms with Crippen LogP contribution in [0.5, 0.6) is 0 Å². The Labute approximate surface area is 146 Å². The standard InChI is InChI=1S/C13H15N3O6S3/c1-15-24(19,20)11-7-5-10(6-8-11)16-25(21,22)13-4-2-3-12(9-13)23(14,17)18/h2-9,15-16H,1H3,(H2,14,17,18). The second-order valence-corrected chi connectivity index (χ2v) is 9.99. The van der Waals surface area contributed by atoms with Crippen LogP contribution in [0.15, 0.2) is 63.2 Å². The number of primary sulfonamides is 1. The summed E-state index contributed by atoms with van der Waals surface area (Å²) < 4.78 is 75.0. The summed E-state index contributed by atoms with van der Waals surface area (Å²) in [6, 6.07) is 9.54. The van der Waals surface area contributed by atoms with E-state index >= 15 is 0 Å². The molecule has 9 nitrogen and oxygen atoms in total. The van der Waals surface area contributed by atoms with Gasteiger partial charge in [-0.2, -0.15) is 0 Å². The van der Waals surface area contributed by atoms with Crippen molar-refractivity contribution < 1.29 is 25.3 Å². The lowest BCUT2D eigenvalue weighted by Crippen LogP contribution is -2.18. The summed E-state index contributed by atoms with van der Waals surface area (Å²) in [5, 5.41) is 4.99. The predicted molar refractivity (Wildman–Crippen MR) is 91.3 cm³/mol. The Hall–Kier alpha value is -1.99. The molecule has 0 aliphatic rings. The molecule has 0 aromatic heterocycles. The number of anilines is 1. The van der Waals surface area contributed by atoms with Crippen LogP contribution < -0.4 is 14.6 Å². The van der Waals surface area contributed by atoms with Crippen molar-refractivity contribution in [3.05, 3.63) is 48.5 Å². The van der Waals surface area contributed by atoms with Gasteiger partial charge in [0, 0.05) is 5.69 Å². The molecule has 0 unspecified atom stereocenters. The van der Waals surface area contributed by atoms with Crippen LogP contribution in [-0.2, 0) is 30.1 Å². The summed E-state index contributed by atoms with van der Waals surface area (Å²) >= 11 is 0. The molecular formula is C13H15N3O6S3. The van der Waals surface area contributed by atoms with Gasteiger partial charge in [0.1, 0.15) is 0 Å². The lowest BCUT2D eigenvalue weighted by molar-refractivity contribution is 0.588. The molecule has 0 heterocycles. The molecule has 4 N–H and O–H groups in total. The third kappa shape index (κ3) is 4.55. The van der Waals surface area contributed by atoms with E-state index in [9.17, 15) is 25.3 Å². The van der Waals surface area contributed by atoms with Crippen LogP contribution in [0, 0.1) is 0 Å². The molecule has 0 radical (unpaired) electrons. The number of nitrogens with one attached hydrogen (secondary N) is 2. The average molecular weight is 405 g/mol. The fraction of sp³-hybridized carbons (Fsp3) is 0.0769. The molecule has 12 heteroatoms. The van der Waals surface area contributed by atoms with Crippen molar-refractivity contribution in [3.63, 3.8) is 0 Å². The Kier molecular flexibility index (Phi) is 5.20. The highest BCUT2D eigenvalue weighted by molar-refractivity contribution is 7.93. The molecule has 0 fully saturated rings. The van der Waals surface area contributed by atoms with Crippen LogP contribution in [0.1, 0.15) is 0 Å². The van der Waals surface area contributed by atoms with E-state index in [2.05, 4.69) is 9.44 Å². The van der Waals surface area contributed by atoms with Gasteiger partial charge in [0.15, 0.2) is 0 Å². The zero-order chi connectivity index (χ0) is 18.9. The first-order valence-corrected chi connectivity index (χ1v) is 11.2. The fourth-order valence-electron chi connectivity index (χ4n) is 1.85. The van der Waals surface area contributed by atoms with E-state index in [0.29, 0.717) is 0 Å². The molecule has 0 amide bonds. The summed E-state index contributed by atoms with van der Waals surface area (Å²) in [6.07, 6.45) is 0. The molecule has 2 aromatic carbocycles. The van der Waals surface area contributed by atoms with E-state index in [1.807, 2.05) is 0 Å². The van der Waals surface area contributed by atoms with Gasteiger partial charge < -0.3 is 0 Å². The molecule has 0 saturated heterocycles. The lowest BCUT2D eigenvalue weighted by Gasteiger charge is -2.10. The van der Waals surface area contributed by atoms with Crippen LogP contribution in [0.3, 0.4) is 0 Å². The highest BCUT2D eigenvalue weighted by Crippen LogP contribution is 2.20. The van der Waals surface area contributed by atoms with Gasteiger partial charge in [0.25, 0.3) is 10.0 Å². The number of nitrogens with two attached hydrogens (primary N) is 1. The Morgan fingerprint density at radius 3 is 1.84 bits per heavy atom. The minimum Gasteiger partial charge on any atom is -0.280 e. The maximum absolute atomic E-state index is 12.3. The first kappa shape index (κ1) is 19.3. The minimum absolute atomic E-state index is 0.0332. The van der Waals surface area contributed by atoms with Crippen molar-refractivity contribution in [1.29, 1.82) is 0 Å². The van der Waals surface area contributed by atoms with E-state index in [1.54, 1.807) is 0 Å². The van der Waals surface area contributed by atoms with Crippen molar-refractivity contribution in [2.75, 3.05) is 11.8 Å². The van der Waals surface area contributed by atoms with Gasteiger partial charge in [-0.1, -0.05) is 6.07 Å². The normalized spacial score (nSPS) is 12.7. The smallest absolute Gasteiger partial charge is 0.261 e. The van der Waals surface area contributed by atoms with Crippen molar-refractivity contribution in [2.45, 2.75) is 14.7 Å². The molecular weight excluding hydrogens is 390 g/mol. The lowest BCUT2D eigenvalue weighted by atomic mass is 10.3. The first-order chi connectivity index (χ1) is 11.5. The highest BCUT2D eigenvalue weighted by atomic mass is 32.2. The van der Waals surface area contributed by atoms with E-state index < -0.39 is 30.1 Å². The molecule has 0 spiro atoms. The molecule has 25 heavy (non-hydrogen) atoms. The Morgan fingerprint density at radius 1 is 0.760 bits per heavy atom. The van der Waals surface area contributed by atoms with E-state index in [4.69, 9.17) is 5.14 Å². The second kappa shape index (κ2) is 6.72. The molecule has 0 aliphatic carbocycles. The molecule has 2 rings (SSSR count). The number of benzene rings is 2. The summed E-state index contributed by atoms with van der Waals surface area (Å²) in [5.74, 6) is 0. The molecule has 136 valence electrons. The summed E-state index contributed by atoms with van der Waals surface area (Å²) in [6.45, 7) is 0. The summed E-state index contributed by atoms with van der Waals surface area (Å²) in [7, 11) is -10.5. The molecule has 2 aromatic rings. The van der Waals surface area contributed by atoms with Gasteiger partial charge in [-0.05, 0) is 49.5 Å². The monoisotopic (exact) mass is 405 g/mol. The average Bonchev–Trinajstić information content (AvgIpc) is 2.54. The second-order valence-electron chi connectivity index (χ2n) is 4.86. The molecule has 0 atom stereocenters. The highest BCUT2D eigenvalue weighted by Gasteiger charge is 2.18. The van der Waals surface area contributed by atoms with Crippen LogP contribution >= 0.6 is 0 Å². The Balaban J connectivity index is 2.34. The zero-order valence-electron chi connectivity index (χ0n) is 12.9. The maximum Gasteiger partial charge on any atom is 0.261 e. The number of sulfonamides is 3. The van der Waals surface area contributed by atoms with E-state index in [1.165, 1.54) is 49.5 Å². The van der Waals surface area contributed by atoms with Crippen molar-refractivity contribution >= 4 is 35.8 Å². The number of hydrogen-bond donors (Lipinski definition) is 3. The van der Waals surface area contributed by atoms with Gasteiger partial charge in [-0.15, -0.1) is 0 Å². The first-order valence-electron chi connectivity index (χ1n) is 6.65. The zero-order valence-corrected chi connectivity index (χ0v) is 15.3. The third-order valence-electron chi connectivity index (χ3n) is 3.13. The number of hydrogen-bond acceptors (Lipinski definition) is 6. The van der Waals surface area contributed by atoms with Gasteiger partial charge in [-0.25, -0.2) is 35.1 Å². The van der Waals surface area contributed by atoms with Crippen molar-refractivity contribution in [2.24, 2.45) is 5.14 Å². The Bertz CT molecular complexity index is 1090. The largest absolute Gasteiger partial charge is 0.280 e. The van der Waals surface area contributed by atoms with Crippen LogP contribution in [-0.4, -0.2) is 32.3 Å². The molecule has 0 bridgehead atoms. The topological polar surface area (TPSA) is 152 Å². The Morgan fingerprint density at radius 2 is 1.32 bits per heavy atom. The third-order valence-corrected chi connectivity index (χ3v) is 6.85. The van der Waals surface area contributed by atoms with Crippen LogP contribution in [0.4, 0.5) is 5.69 Å². The summed E-state index contributed by atoms with van der Waals surface area (Å²) in [5.41, 5.74) is 0.107. The van der Waals surface area contributed by atoms with E-state index in [-0.39, 0.29) is 20.4 Å². The van der Waals surface area contributed by atoms with Gasteiger partial charge in [0.2, 0.25) is 20.0 Å². The number of rotatable bonds is 6. The SMILES string of the molecule is CNS(=O)(=O)c1ccc(NS(=O)(=O)c2cccc(S(N)(=O)=O)c2)cc1. The van der Waals surface area contributed by atoms with Crippen molar-refractivity contribution in [1.82, 2.24) is 4.72 Å². The maximum atomic E-state index is 12.3. The van der Waals surface area contributed by atoms with Crippen LogP contribution in [0.2, 0.25) is 0 Å². The molecule has 0 aliphatic heterocycles. The predicted octanol–water partition coefficient (Wildman–Crippen LogP) is 0.0429. The van der Waals surface area contributed by atoms with Crippen molar-refractivity contribution in [3.8, 4) is 0 Å². The van der Waals surface area contributed by atoms with Gasteiger partial charge >= 0.3 is 0 Å². The minimum atomic E-state index is -4.09. The van der Waals surface area contributed by atoms with Gasteiger partial charge in [-0.3, -0.25) is 4.72 Å². The van der Waals surface area contributed by atoms with Gasteiger partial charge in [0.05, 0.1) is 14.7 Å². The van der Waals surface area contributed by atoms with Crippen LogP contribution in [0.25, 0.3) is 0 Å². The molecule has 0 saturated carbocycles. The fourth-order valence-corrected chi connectivity index (χ4v) is 4.32. The quantitative estimate of drug-likeness (QED) is 0.617. The van der Waals surface area contributed by atoms with E-state index in [0.717, 1.165) is 6.07 Å². The summed E-state index contributed by atoms with van der Waals surface area (Å²) in [4.78, 5) is -0.675.